The summed E-state index contributed by atoms with van der Waals surface area (Å²) in [5.74, 6) is -1.40. The number of amides is 2. The van der Waals surface area contributed by atoms with Gasteiger partial charge in [-0.25, -0.2) is 9.59 Å². The molecule has 2 fully saturated rings. The molecule has 3 aliphatic rings. The Labute approximate surface area is 199 Å². The van der Waals surface area contributed by atoms with Crippen molar-refractivity contribution >= 4 is 18.0 Å². The zero-order valence-corrected chi connectivity index (χ0v) is 19.3. The molecule has 0 bridgehead atoms. The monoisotopic (exact) mass is 462 g/mol. The first-order valence-corrected chi connectivity index (χ1v) is 12.1. The number of aliphatic carboxylic acids is 1. The summed E-state index contributed by atoms with van der Waals surface area (Å²) in [7, 11) is 0. The maximum atomic E-state index is 13.5. The van der Waals surface area contributed by atoms with Crippen LogP contribution in [0.1, 0.15) is 56.1 Å². The lowest BCUT2D eigenvalue weighted by Gasteiger charge is -2.40. The Hall–Kier alpha value is -3.35. The molecule has 2 aromatic carbocycles. The number of carbonyl (C=O) groups excluding carboxylic acids is 2. The molecule has 7 nitrogen and oxygen atoms in total. The van der Waals surface area contributed by atoms with Crippen molar-refractivity contribution in [3.05, 3.63) is 59.7 Å². The van der Waals surface area contributed by atoms with Gasteiger partial charge in [-0.1, -0.05) is 48.5 Å². The third-order valence-electron chi connectivity index (χ3n) is 7.59. The van der Waals surface area contributed by atoms with Gasteiger partial charge >= 0.3 is 12.1 Å². The van der Waals surface area contributed by atoms with Crippen LogP contribution in [0.5, 0.6) is 0 Å². The van der Waals surface area contributed by atoms with Crippen LogP contribution in [0, 0.1) is 5.92 Å². The van der Waals surface area contributed by atoms with Gasteiger partial charge < -0.3 is 20.1 Å². The maximum Gasteiger partial charge on any atom is 0.408 e. The zero-order valence-electron chi connectivity index (χ0n) is 19.3. The zero-order chi connectivity index (χ0) is 23.9. The summed E-state index contributed by atoms with van der Waals surface area (Å²) < 4.78 is 5.69. The van der Waals surface area contributed by atoms with Crippen molar-refractivity contribution < 1.29 is 24.2 Å². The topological polar surface area (TPSA) is 95.9 Å². The van der Waals surface area contributed by atoms with Gasteiger partial charge in [0.25, 0.3) is 0 Å². The summed E-state index contributed by atoms with van der Waals surface area (Å²) in [6.45, 7) is 2.27. The van der Waals surface area contributed by atoms with Crippen LogP contribution in [0.15, 0.2) is 48.5 Å². The van der Waals surface area contributed by atoms with Crippen LogP contribution in [-0.2, 0) is 14.3 Å². The predicted molar refractivity (Wildman–Crippen MR) is 126 cm³/mol. The van der Waals surface area contributed by atoms with E-state index in [9.17, 15) is 19.5 Å². The minimum atomic E-state index is -1.17. The molecule has 2 amide bonds. The number of carboxylic acids is 1. The van der Waals surface area contributed by atoms with Crippen molar-refractivity contribution in [3.8, 4) is 11.1 Å². The Kier molecular flexibility index (Phi) is 5.80. The van der Waals surface area contributed by atoms with Crippen LogP contribution >= 0.6 is 0 Å². The van der Waals surface area contributed by atoms with Gasteiger partial charge in [-0.05, 0) is 67.2 Å². The van der Waals surface area contributed by atoms with Crippen LogP contribution in [0.25, 0.3) is 11.1 Å². The molecule has 2 N–H and O–H groups in total. The number of alkyl carbamates (subject to hydrolysis) is 1. The molecule has 7 heteroatoms. The first-order chi connectivity index (χ1) is 16.4. The van der Waals surface area contributed by atoms with Crippen molar-refractivity contribution in [1.29, 1.82) is 0 Å². The van der Waals surface area contributed by atoms with E-state index < -0.39 is 23.6 Å². The van der Waals surface area contributed by atoms with E-state index in [2.05, 4.69) is 29.6 Å². The highest BCUT2D eigenvalue weighted by Gasteiger charge is 2.52. The van der Waals surface area contributed by atoms with Gasteiger partial charge in [0.05, 0.1) is 0 Å². The summed E-state index contributed by atoms with van der Waals surface area (Å²) in [5, 5.41) is 12.5. The molecule has 5 rings (SSSR count). The third kappa shape index (κ3) is 3.93. The normalized spacial score (nSPS) is 21.2. The molecule has 1 aliphatic heterocycles. The van der Waals surface area contributed by atoms with E-state index >= 15 is 0 Å². The molecule has 1 unspecified atom stereocenters. The molecule has 178 valence electrons. The number of ether oxygens (including phenoxy) is 1. The minimum absolute atomic E-state index is 0.0168. The van der Waals surface area contributed by atoms with Gasteiger partial charge in [0, 0.05) is 12.5 Å². The molecule has 2 aliphatic carbocycles. The van der Waals surface area contributed by atoms with Crippen molar-refractivity contribution in [2.45, 2.75) is 56.5 Å². The summed E-state index contributed by atoms with van der Waals surface area (Å²) >= 11 is 0. The van der Waals surface area contributed by atoms with E-state index in [1.165, 1.54) is 4.90 Å². The molecule has 2 aromatic rings. The first kappa shape index (κ1) is 22.4. The van der Waals surface area contributed by atoms with Gasteiger partial charge in [0.2, 0.25) is 5.91 Å². The van der Waals surface area contributed by atoms with Crippen LogP contribution in [-0.4, -0.2) is 52.7 Å². The third-order valence-corrected chi connectivity index (χ3v) is 7.59. The molecule has 1 heterocycles. The Morgan fingerprint density at radius 1 is 1.00 bits per heavy atom. The Balaban J connectivity index is 1.30. The Bertz CT molecular complexity index is 1080. The maximum absolute atomic E-state index is 13.5. The Morgan fingerprint density at radius 3 is 2.21 bits per heavy atom. The highest BCUT2D eigenvalue weighted by molar-refractivity contribution is 5.93. The number of fused-ring (bicyclic) bond motifs is 3. The van der Waals surface area contributed by atoms with Gasteiger partial charge in [-0.2, -0.15) is 0 Å². The van der Waals surface area contributed by atoms with Crippen LogP contribution in [0.3, 0.4) is 0 Å². The highest BCUT2D eigenvalue weighted by atomic mass is 16.5. The number of benzene rings is 2. The number of hydrogen-bond donors (Lipinski definition) is 2. The van der Waals surface area contributed by atoms with E-state index in [-0.39, 0.29) is 24.3 Å². The average Bonchev–Trinajstić information content (AvgIpc) is 3.66. The second kappa shape index (κ2) is 8.78. The van der Waals surface area contributed by atoms with E-state index in [1.807, 2.05) is 24.3 Å². The van der Waals surface area contributed by atoms with Crippen molar-refractivity contribution in [2.24, 2.45) is 5.92 Å². The molecular weight excluding hydrogens is 432 g/mol. The van der Waals surface area contributed by atoms with E-state index in [1.54, 1.807) is 6.92 Å². The summed E-state index contributed by atoms with van der Waals surface area (Å²) in [6, 6.07) is 15.4. The number of carbonyl (C=O) groups is 3. The van der Waals surface area contributed by atoms with Crippen molar-refractivity contribution in [1.82, 2.24) is 10.2 Å². The SMILES string of the molecule is CC(NC(=O)OCC1c2ccccc2-c2ccccc21)(C(=O)N1CCCC[C@@H]1C(=O)O)C1CC1. The number of piperidine rings is 1. The largest absolute Gasteiger partial charge is 0.480 e. The predicted octanol–water partition coefficient (Wildman–Crippen LogP) is 4.16. The lowest BCUT2D eigenvalue weighted by Crippen LogP contribution is -2.63. The van der Waals surface area contributed by atoms with Gasteiger partial charge in [-0.15, -0.1) is 0 Å². The van der Waals surface area contributed by atoms with Gasteiger partial charge in [-0.3, -0.25) is 4.79 Å². The molecular formula is C27H30N2O5. The van der Waals surface area contributed by atoms with Crippen LogP contribution in [0.4, 0.5) is 4.79 Å². The number of nitrogens with one attached hydrogen (secondary N) is 1. The highest BCUT2D eigenvalue weighted by Crippen LogP contribution is 2.45. The van der Waals surface area contributed by atoms with Crippen LogP contribution in [0.2, 0.25) is 0 Å². The van der Waals surface area contributed by atoms with Crippen LogP contribution < -0.4 is 5.32 Å². The quantitative estimate of drug-likeness (QED) is 0.672. The number of likely N-dealkylation sites (tertiary alicyclic amines) is 1. The number of hydrogen-bond acceptors (Lipinski definition) is 4. The number of nitrogens with zero attached hydrogens (tertiary/aromatic N) is 1. The van der Waals surface area contributed by atoms with Crippen molar-refractivity contribution in [2.75, 3.05) is 13.2 Å². The lowest BCUT2D eigenvalue weighted by atomic mass is 9.91. The molecule has 0 radical (unpaired) electrons. The smallest absolute Gasteiger partial charge is 0.408 e. The molecule has 0 spiro atoms. The standard InChI is InChI=1S/C27H30N2O5/c1-27(17-13-14-17,25(32)29-15-7-6-12-23(29)24(30)31)28-26(33)34-16-22-20-10-4-2-8-18(20)19-9-3-5-11-21(19)22/h2-5,8-11,17,22-23H,6-7,12-16H2,1H3,(H,28,33)(H,30,31)/t23-,27?/m1/s1. The molecule has 1 saturated carbocycles. The fourth-order valence-corrected chi connectivity index (χ4v) is 5.57. The molecule has 2 atom stereocenters. The minimum Gasteiger partial charge on any atom is -0.480 e. The molecule has 34 heavy (non-hydrogen) atoms. The second-order valence-electron chi connectivity index (χ2n) is 9.78. The van der Waals surface area contributed by atoms with Crippen molar-refractivity contribution in [3.63, 3.8) is 0 Å². The fraction of sp³-hybridized carbons (Fsp3) is 0.444. The lowest BCUT2D eigenvalue weighted by molar-refractivity contribution is -0.155. The van der Waals surface area contributed by atoms with E-state index in [4.69, 9.17) is 4.74 Å². The van der Waals surface area contributed by atoms with Gasteiger partial charge in [0.15, 0.2) is 0 Å². The van der Waals surface area contributed by atoms with E-state index in [0.29, 0.717) is 13.0 Å². The average molecular weight is 463 g/mol. The second-order valence-corrected chi connectivity index (χ2v) is 9.78. The molecule has 1 saturated heterocycles. The van der Waals surface area contributed by atoms with E-state index in [0.717, 1.165) is 47.9 Å². The fourth-order valence-electron chi connectivity index (χ4n) is 5.57. The number of carboxylic acid groups (broad SMARTS) is 1. The Morgan fingerprint density at radius 2 is 1.62 bits per heavy atom. The number of rotatable bonds is 6. The van der Waals surface area contributed by atoms with Gasteiger partial charge in [0.1, 0.15) is 18.2 Å². The summed E-state index contributed by atoms with van der Waals surface area (Å²) in [4.78, 5) is 39.7. The summed E-state index contributed by atoms with van der Waals surface area (Å²) in [5.41, 5.74) is 3.36. The molecule has 0 aromatic heterocycles. The first-order valence-electron chi connectivity index (χ1n) is 12.1. The summed E-state index contributed by atoms with van der Waals surface area (Å²) in [6.07, 6.45) is 2.97.